The van der Waals surface area contributed by atoms with Crippen LogP contribution in [0.25, 0.3) is 0 Å². The van der Waals surface area contributed by atoms with Crippen molar-refractivity contribution in [3.05, 3.63) is 59.7 Å². The Morgan fingerprint density at radius 2 is 1.80 bits per heavy atom. The average molecular weight is 271 g/mol. The molecule has 0 fully saturated rings. The Kier molecular flexibility index (Phi) is 4.60. The molecule has 2 aromatic rings. The molecule has 0 unspecified atom stereocenters. The van der Waals surface area contributed by atoms with Crippen molar-refractivity contribution in [1.82, 2.24) is 0 Å². The van der Waals surface area contributed by atoms with E-state index in [1.165, 1.54) is 0 Å². The summed E-state index contributed by atoms with van der Waals surface area (Å²) in [5, 5.41) is 11.9. The van der Waals surface area contributed by atoms with Crippen LogP contribution in [0.15, 0.2) is 53.7 Å². The molecule has 0 spiro atoms. The highest BCUT2D eigenvalue weighted by molar-refractivity contribution is 5.98. The molecule has 2 rings (SSSR count). The Balaban J connectivity index is 2.04. The third-order valence-electron chi connectivity index (χ3n) is 3.01. The van der Waals surface area contributed by atoms with Gasteiger partial charge in [-0.3, -0.25) is 0 Å². The molecular weight excluding hydrogens is 254 g/mol. The van der Waals surface area contributed by atoms with Gasteiger partial charge in [-0.1, -0.05) is 23.4 Å². The molecule has 0 aliphatic rings. The highest BCUT2D eigenvalue weighted by atomic mass is 16.5. The number of hydrogen-bond acceptors (Lipinski definition) is 4. The van der Waals surface area contributed by atoms with Crippen LogP contribution in [-0.2, 0) is 6.61 Å². The summed E-state index contributed by atoms with van der Waals surface area (Å²) >= 11 is 0. The third-order valence-corrected chi connectivity index (χ3v) is 3.01. The highest BCUT2D eigenvalue weighted by Crippen LogP contribution is 2.20. The van der Waals surface area contributed by atoms with E-state index in [0.717, 1.165) is 22.6 Å². The van der Waals surface area contributed by atoms with Gasteiger partial charge in [-0.25, -0.2) is 0 Å². The predicted octanol–water partition coefficient (Wildman–Crippen LogP) is 3.47. The summed E-state index contributed by atoms with van der Waals surface area (Å²) in [6.07, 6.45) is 0. The van der Waals surface area contributed by atoms with Crippen LogP contribution in [0.5, 0.6) is 11.5 Å². The lowest BCUT2D eigenvalue weighted by Crippen LogP contribution is -1.99. The van der Waals surface area contributed by atoms with E-state index < -0.39 is 0 Å². The van der Waals surface area contributed by atoms with Gasteiger partial charge in [0.15, 0.2) is 0 Å². The second kappa shape index (κ2) is 6.61. The summed E-state index contributed by atoms with van der Waals surface area (Å²) in [6.45, 7) is 2.18. The summed E-state index contributed by atoms with van der Waals surface area (Å²) in [5.41, 5.74) is 2.42. The van der Waals surface area contributed by atoms with E-state index >= 15 is 0 Å². The van der Waals surface area contributed by atoms with Crippen LogP contribution in [0.4, 0.5) is 0 Å². The molecule has 0 aromatic heterocycles. The van der Waals surface area contributed by atoms with Gasteiger partial charge in [-0.05, 0) is 42.8 Å². The minimum atomic E-state index is 0.441. The zero-order valence-electron chi connectivity index (χ0n) is 11.5. The molecule has 104 valence electrons. The Labute approximate surface area is 118 Å². The Hall–Kier alpha value is -2.49. The molecule has 0 amide bonds. The van der Waals surface area contributed by atoms with Crippen molar-refractivity contribution in [2.75, 3.05) is 7.11 Å². The first-order valence-electron chi connectivity index (χ1n) is 6.28. The Morgan fingerprint density at radius 3 is 2.45 bits per heavy atom. The van der Waals surface area contributed by atoms with Crippen molar-refractivity contribution in [2.45, 2.75) is 13.5 Å². The average Bonchev–Trinajstić information content (AvgIpc) is 2.53. The normalized spacial score (nSPS) is 11.2. The summed E-state index contributed by atoms with van der Waals surface area (Å²) in [4.78, 5) is 0. The van der Waals surface area contributed by atoms with Crippen LogP contribution in [-0.4, -0.2) is 18.0 Å². The lowest BCUT2D eigenvalue weighted by atomic mass is 10.1. The summed E-state index contributed by atoms with van der Waals surface area (Å²) in [7, 11) is 1.64. The number of methoxy groups -OCH3 is 1. The molecule has 0 saturated carbocycles. The van der Waals surface area contributed by atoms with Crippen molar-refractivity contribution < 1.29 is 14.7 Å². The fraction of sp³-hybridized carbons (Fsp3) is 0.188. The molecule has 0 aliphatic heterocycles. The van der Waals surface area contributed by atoms with Crippen molar-refractivity contribution in [1.29, 1.82) is 0 Å². The largest absolute Gasteiger partial charge is 0.496 e. The van der Waals surface area contributed by atoms with Gasteiger partial charge in [0.2, 0.25) is 0 Å². The first-order chi connectivity index (χ1) is 9.74. The zero-order valence-corrected chi connectivity index (χ0v) is 11.5. The van der Waals surface area contributed by atoms with Crippen LogP contribution in [0.2, 0.25) is 0 Å². The van der Waals surface area contributed by atoms with Gasteiger partial charge in [0.05, 0.1) is 12.8 Å². The fourth-order valence-corrected chi connectivity index (χ4v) is 1.83. The standard InChI is InChI=1S/C16H17NO3/c1-12(17-18)13-7-9-15(10-8-13)20-11-14-5-3-4-6-16(14)19-2/h3-10,18H,11H2,1-2H3/b17-12+. The number of rotatable bonds is 5. The van der Waals surface area contributed by atoms with Gasteiger partial charge >= 0.3 is 0 Å². The lowest BCUT2D eigenvalue weighted by molar-refractivity contribution is 0.296. The molecule has 0 atom stereocenters. The van der Waals surface area contributed by atoms with Crippen molar-refractivity contribution >= 4 is 5.71 Å². The van der Waals surface area contributed by atoms with Crippen molar-refractivity contribution in [3.63, 3.8) is 0 Å². The number of ether oxygens (including phenoxy) is 2. The molecule has 2 aromatic carbocycles. The van der Waals surface area contributed by atoms with Crippen molar-refractivity contribution in [2.24, 2.45) is 5.16 Å². The van der Waals surface area contributed by atoms with E-state index in [1.807, 2.05) is 48.5 Å². The van der Waals surface area contributed by atoms with Gasteiger partial charge in [0, 0.05) is 5.56 Å². The molecule has 0 heterocycles. The highest BCUT2D eigenvalue weighted by Gasteiger charge is 2.03. The van der Waals surface area contributed by atoms with Crippen LogP contribution in [0.3, 0.4) is 0 Å². The minimum absolute atomic E-state index is 0.441. The molecule has 0 saturated heterocycles. The first-order valence-corrected chi connectivity index (χ1v) is 6.28. The summed E-state index contributed by atoms with van der Waals surface area (Å²) in [5.74, 6) is 1.57. The van der Waals surface area contributed by atoms with Crippen LogP contribution in [0, 0.1) is 0 Å². The lowest BCUT2D eigenvalue weighted by Gasteiger charge is -2.10. The predicted molar refractivity (Wildman–Crippen MR) is 77.8 cm³/mol. The second-order valence-corrected chi connectivity index (χ2v) is 4.31. The summed E-state index contributed by atoms with van der Waals surface area (Å²) < 4.78 is 11.0. The van der Waals surface area contributed by atoms with Crippen LogP contribution in [0.1, 0.15) is 18.1 Å². The third kappa shape index (κ3) is 3.29. The van der Waals surface area contributed by atoms with E-state index in [2.05, 4.69) is 5.16 Å². The number of nitrogens with zero attached hydrogens (tertiary/aromatic N) is 1. The molecule has 0 radical (unpaired) electrons. The van der Waals surface area contributed by atoms with Gasteiger partial charge in [-0.2, -0.15) is 0 Å². The van der Waals surface area contributed by atoms with Gasteiger partial charge < -0.3 is 14.7 Å². The fourth-order valence-electron chi connectivity index (χ4n) is 1.83. The zero-order chi connectivity index (χ0) is 14.4. The van der Waals surface area contributed by atoms with Crippen molar-refractivity contribution in [3.8, 4) is 11.5 Å². The minimum Gasteiger partial charge on any atom is -0.496 e. The smallest absolute Gasteiger partial charge is 0.125 e. The Morgan fingerprint density at radius 1 is 1.10 bits per heavy atom. The maximum atomic E-state index is 8.71. The number of benzene rings is 2. The number of oxime groups is 1. The van der Waals surface area contributed by atoms with E-state index in [9.17, 15) is 0 Å². The SMILES string of the molecule is COc1ccccc1COc1ccc(/C(C)=N/O)cc1. The molecule has 4 heteroatoms. The van der Waals surface area contributed by atoms with E-state index in [0.29, 0.717) is 12.3 Å². The maximum absolute atomic E-state index is 8.71. The van der Waals surface area contributed by atoms with Gasteiger partial charge in [-0.15, -0.1) is 0 Å². The maximum Gasteiger partial charge on any atom is 0.125 e. The Bertz CT molecular complexity index is 591. The van der Waals surface area contributed by atoms with Crippen LogP contribution >= 0.6 is 0 Å². The second-order valence-electron chi connectivity index (χ2n) is 4.31. The molecule has 1 N–H and O–H groups in total. The topological polar surface area (TPSA) is 51.0 Å². The summed E-state index contributed by atoms with van der Waals surface area (Å²) in [6, 6.07) is 15.1. The molecule has 20 heavy (non-hydrogen) atoms. The quantitative estimate of drug-likeness (QED) is 0.514. The molecule has 0 bridgehead atoms. The van der Waals surface area contributed by atoms with Gasteiger partial charge in [0.1, 0.15) is 18.1 Å². The van der Waals surface area contributed by atoms with E-state index in [1.54, 1.807) is 14.0 Å². The van der Waals surface area contributed by atoms with E-state index in [4.69, 9.17) is 14.7 Å². The molecular formula is C16H17NO3. The number of para-hydroxylation sites is 1. The molecule has 0 aliphatic carbocycles. The monoisotopic (exact) mass is 271 g/mol. The van der Waals surface area contributed by atoms with Crippen LogP contribution < -0.4 is 9.47 Å². The number of hydrogen-bond donors (Lipinski definition) is 1. The first kappa shape index (κ1) is 13.9. The van der Waals surface area contributed by atoms with Gasteiger partial charge in [0.25, 0.3) is 0 Å². The molecule has 4 nitrogen and oxygen atoms in total. The van der Waals surface area contributed by atoms with E-state index in [-0.39, 0.29) is 0 Å².